The molecule has 4 fully saturated rings. The molecule has 0 aliphatic carbocycles. The van der Waals surface area contributed by atoms with E-state index in [-0.39, 0.29) is 35.1 Å². The van der Waals surface area contributed by atoms with E-state index in [2.05, 4.69) is 47.9 Å². The smallest absolute Gasteiger partial charge is 0.243 e. The largest absolute Gasteiger partial charge is 0.386 e. The summed E-state index contributed by atoms with van der Waals surface area (Å²) in [5, 5.41) is 13.3. The normalized spacial score (nSPS) is 19.7. The van der Waals surface area contributed by atoms with Crippen molar-refractivity contribution in [1.29, 1.82) is 0 Å². The van der Waals surface area contributed by atoms with E-state index < -0.39 is 19.9 Å². The molecule has 4 rings (SSSR count). The van der Waals surface area contributed by atoms with Crippen LogP contribution in [0.3, 0.4) is 0 Å². The standard InChI is InChI=1S/C10H19N3O3S.C10H17N3O.C10H18N2O.C9H16N2O3S/c1-11-10(14)4-3-5-12-6-8-13(9-7-12)17(2,15)16;1-9-8-13(7-5-12-9)6-3-4-10(14)11-2;1-11-10(13)6-5-9-12-7-3-2-4-8-12;1-10-9(12)3-2-4-11-5-7-15(13,14)8-6-11/h3-4H,5-9H2,1-2H3,(H,11,14);3-4,12H,1,5-8H2,2H3,(H,11,14);5-6H,2-4,7-9H2,1H3,(H,11,13);2-3H,4-8H2,1H3,(H,10,12)/b2*4-3+;6-5+;3-2+. The minimum atomic E-state index is -3.06. The quantitative estimate of drug-likeness (QED) is 0.132. The van der Waals surface area contributed by atoms with E-state index in [9.17, 15) is 36.0 Å². The third-order valence-corrected chi connectivity index (χ3v) is 12.3. The van der Waals surface area contributed by atoms with Crippen molar-refractivity contribution < 1.29 is 36.0 Å². The molecule has 4 saturated heterocycles. The molecule has 4 aliphatic rings. The van der Waals surface area contributed by atoms with Crippen molar-refractivity contribution in [2.24, 2.45) is 0 Å². The van der Waals surface area contributed by atoms with Gasteiger partial charge in [-0.15, -0.1) is 0 Å². The Hall–Kier alpha value is -3.92. The number of sulfone groups is 1. The van der Waals surface area contributed by atoms with Crippen molar-refractivity contribution in [2.45, 2.75) is 19.3 Å². The van der Waals surface area contributed by atoms with Gasteiger partial charge in [0.05, 0.1) is 17.8 Å². The fourth-order valence-corrected chi connectivity index (χ4v) is 7.94. The first-order chi connectivity index (χ1) is 28.0. The van der Waals surface area contributed by atoms with Crippen LogP contribution in [0.5, 0.6) is 0 Å². The van der Waals surface area contributed by atoms with E-state index in [1.165, 1.54) is 55.1 Å². The summed E-state index contributed by atoms with van der Waals surface area (Å²) >= 11 is 0. The third-order valence-electron chi connectivity index (χ3n) is 9.42. The SMILES string of the molecule is C=C1CN(C/C=C/C(=O)NC)CCN1.CNC(=O)/C=C/CN1CCCCC1.CNC(=O)/C=C/CN1CCN(S(C)(=O)=O)CC1.CNC(=O)/C=C/CN1CCS(=O)(=O)CC1. The summed E-state index contributed by atoms with van der Waals surface area (Å²) in [6.45, 7) is 15.6. The number of likely N-dealkylation sites (tertiary alicyclic amines) is 1. The van der Waals surface area contributed by atoms with Crippen LogP contribution < -0.4 is 26.6 Å². The molecule has 0 bridgehead atoms. The Morgan fingerprint density at radius 3 is 1.34 bits per heavy atom. The summed E-state index contributed by atoms with van der Waals surface area (Å²) in [4.78, 5) is 52.2. The molecule has 0 aromatic carbocycles. The van der Waals surface area contributed by atoms with Crippen molar-refractivity contribution in [3.8, 4) is 0 Å². The van der Waals surface area contributed by atoms with E-state index in [1.807, 2.05) is 17.1 Å². The van der Waals surface area contributed by atoms with Crippen LogP contribution in [0.1, 0.15) is 19.3 Å². The summed E-state index contributed by atoms with van der Waals surface area (Å²) in [5.74, 6) is 0.108. The summed E-state index contributed by atoms with van der Waals surface area (Å²) in [5.41, 5.74) is 1.05. The molecule has 0 unspecified atom stereocenters. The predicted octanol–water partition coefficient (Wildman–Crippen LogP) is -1.63. The zero-order valence-corrected chi connectivity index (χ0v) is 37.4. The minimum absolute atomic E-state index is 0.0167. The topological polar surface area (TPSA) is 213 Å². The van der Waals surface area contributed by atoms with Gasteiger partial charge in [0.2, 0.25) is 33.7 Å². The number of amides is 4. The first kappa shape index (κ1) is 53.1. The molecule has 4 amide bonds. The molecule has 18 nitrogen and oxygen atoms in total. The lowest BCUT2D eigenvalue weighted by Gasteiger charge is -2.32. The predicted molar refractivity (Wildman–Crippen MR) is 235 cm³/mol. The molecule has 0 radical (unpaired) electrons. The number of carbonyl (C=O) groups excluding carboxylic acids is 4. The average molecular weight is 871 g/mol. The molecule has 0 aromatic heterocycles. The van der Waals surface area contributed by atoms with Gasteiger partial charge in [0, 0.05) is 143 Å². The molecular formula is C39H70N10O8S2. The lowest BCUT2D eigenvalue weighted by molar-refractivity contribution is -0.116. The highest BCUT2D eigenvalue weighted by molar-refractivity contribution is 7.91. The van der Waals surface area contributed by atoms with E-state index in [4.69, 9.17) is 0 Å². The Bertz CT molecular complexity index is 1620. The van der Waals surface area contributed by atoms with Crippen LogP contribution in [0, 0.1) is 0 Å². The number of likely N-dealkylation sites (N-methyl/N-ethyl adjacent to an activating group) is 4. The van der Waals surface area contributed by atoms with Crippen molar-refractivity contribution in [3.05, 3.63) is 60.9 Å². The lowest BCUT2D eigenvalue weighted by Crippen LogP contribution is -2.48. The second-order valence-corrected chi connectivity index (χ2v) is 18.4. The van der Waals surface area contributed by atoms with E-state index >= 15 is 0 Å². The Morgan fingerprint density at radius 1 is 0.593 bits per heavy atom. The maximum atomic E-state index is 11.3. The highest BCUT2D eigenvalue weighted by Gasteiger charge is 2.23. The fourth-order valence-electron chi connectivity index (χ4n) is 5.84. The Kier molecular flexibility index (Phi) is 27.1. The van der Waals surface area contributed by atoms with Crippen LogP contribution >= 0.6 is 0 Å². The van der Waals surface area contributed by atoms with Crippen LogP contribution in [-0.4, -0.2) is 208 Å². The van der Waals surface area contributed by atoms with Crippen molar-refractivity contribution in [3.63, 3.8) is 0 Å². The Balaban J connectivity index is 0.000000395. The Morgan fingerprint density at radius 2 is 0.966 bits per heavy atom. The minimum Gasteiger partial charge on any atom is -0.386 e. The molecule has 4 heterocycles. The second-order valence-electron chi connectivity index (χ2n) is 14.1. The Labute approximate surface area is 353 Å². The zero-order valence-electron chi connectivity index (χ0n) is 35.8. The molecule has 59 heavy (non-hydrogen) atoms. The molecule has 0 spiro atoms. The molecule has 336 valence electrons. The summed E-state index contributed by atoms with van der Waals surface area (Å²) < 4.78 is 46.3. The van der Waals surface area contributed by atoms with Crippen LogP contribution in [0.2, 0.25) is 0 Å². The molecule has 0 atom stereocenters. The molecule has 5 N–H and O–H groups in total. The number of piperazine rings is 2. The van der Waals surface area contributed by atoms with E-state index in [1.54, 1.807) is 52.5 Å². The summed E-state index contributed by atoms with van der Waals surface area (Å²) in [6, 6.07) is 0. The number of nitrogens with one attached hydrogen (secondary N) is 5. The van der Waals surface area contributed by atoms with Crippen molar-refractivity contribution >= 4 is 43.5 Å². The highest BCUT2D eigenvalue weighted by Crippen LogP contribution is 2.08. The molecule has 0 aromatic rings. The zero-order chi connectivity index (χ0) is 44.1. The fraction of sp³-hybridized carbons (Fsp3) is 0.641. The van der Waals surface area contributed by atoms with Gasteiger partial charge in [-0.2, -0.15) is 4.31 Å². The highest BCUT2D eigenvalue weighted by atomic mass is 32.2. The van der Waals surface area contributed by atoms with Gasteiger partial charge in [-0.25, -0.2) is 16.8 Å². The van der Waals surface area contributed by atoms with Gasteiger partial charge < -0.3 is 26.6 Å². The maximum absolute atomic E-state index is 11.3. The van der Waals surface area contributed by atoms with Crippen molar-refractivity contribution in [2.75, 3.05) is 144 Å². The van der Waals surface area contributed by atoms with Crippen LogP contribution in [0.25, 0.3) is 0 Å². The van der Waals surface area contributed by atoms with Crippen LogP contribution in [-0.2, 0) is 39.0 Å². The number of rotatable bonds is 13. The molecular weight excluding hydrogens is 801 g/mol. The van der Waals surface area contributed by atoms with E-state index in [0.717, 1.165) is 38.4 Å². The number of sulfonamides is 1. The van der Waals surface area contributed by atoms with E-state index in [0.29, 0.717) is 52.4 Å². The molecule has 4 aliphatic heterocycles. The average Bonchev–Trinajstić information content (AvgIpc) is 3.22. The number of hydrogen-bond donors (Lipinski definition) is 5. The van der Waals surface area contributed by atoms with Crippen LogP contribution in [0.4, 0.5) is 0 Å². The monoisotopic (exact) mass is 870 g/mol. The van der Waals surface area contributed by atoms with Crippen molar-refractivity contribution in [1.82, 2.24) is 50.5 Å². The second kappa shape index (κ2) is 30.2. The van der Waals surface area contributed by atoms with Gasteiger partial charge in [0.25, 0.3) is 0 Å². The summed E-state index contributed by atoms with van der Waals surface area (Å²) in [6.07, 6.45) is 18.6. The van der Waals surface area contributed by atoms with Gasteiger partial charge in [0.1, 0.15) is 0 Å². The number of carbonyl (C=O) groups is 4. The van der Waals surface area contributed by atoms with Gasteiger partial charge in [-0.3, -0.25) is 38.8 Å². The summed E-state index contributed by atoms with van der Waals surface area (Å²) in [7, 11) is 0.552. The maximum Gasteiger partial charge on any atom is 0.243 e. The van der Waals surface area contributed by atoms with Crippen LogP contribution in [0.15, 0.2) is 60.9 Å². The first-order valence-electron chi connectivity index (χ1n) is 20.0. The third kappa shape index (κ3) is 26.7. The van der Waals surface area contributed by atoms with Gasteiger partial charge in [-0.05, 0) is 25.9 Å². The molecule has 20 heteroatoms. The molecule has 0 saturated carbocycles. The van der Waals surface area contributed by atoms with Gasteiger partial charge in [-0.1, -0.05) is 37.3 Å². The van der Waals surface area contributed by atoms with Gasteiger partial charge in [0.15, 0.2) is 9.84 Å². The number of piperidine rings is 1. The number of nitrogens with zero attached hydrogens (tertiary/aromatic N) is 5. The number of hydrogen-bond acceptors (Lipinski definition) is 13. The lowest BCUT2D eigenvalue weighted by atomic mass is 10.1. The van der Waals surface area contributed by atoms with Gasteiger partial charge >= 0.3 is 0 Å². The first-order valence-corrected chi connectivity index (χ1v) is 23.7.